The highest BCUT2D eigenvalue weighted by Crippen LogP contribution is 2.25. The average molecular weight is 402 g/mol. The van der Waals surface area contributed by atoms with Gasteiger partial charge in [-0.1, -0.05) is 41.4 Å². The van der Waals surface area contributed by atoms with Gasteiger partial charge in [0.05, 0.1) is 18.0 Å². The van der Waals surface area contributed by atoms with Crippen molar-refractivity contribution < 1.29 is 17.9 Å². The van der Waals surface area contributed by atoms with Crippen molar-refractivity contribution in [3.05, 3.63) is 58.1 Å². The van der Waals surface area contributed by atoms with Gasteiger partial charge in [0.15, 0.2) is 9.84 Å². The molecule has 0 heterocycles. The summed E-state index contributed by atoms with van der Waals surface area (Å²) < 4.78 is 29.9. The fourth-order valence-corrected chi connectivity index (χ4v) is 4.02. The maximum Gasteiger partial charge on any atom is 0.239 e. The Morgan fingerprint density at radius 3 is 2.56 bits per heavy atom. The van der Waals surface area contributed by atoms with E-state index >= 15 is 0 Å². The molecule has 0 aromatic heterocycles. The predicted molar refractivity (Wildman–Crippen MR) is 100 cm³/mol. The van der Waals surface area contributed by atoms with Crippen LogP contribution < -0.4 is 10.1 Å². The van der Waals surface area contributed by atoms with Gasteiger partial charge in [-0.2, -0.15) is 0 Å². The Hall–Kier alpha value is -1.76. The number of sulfone groups is 1. The molecule has 0 bridgehead atoms. The molecule has 5 nitrogen and oxygen atoms in total. The van der Waals surface area contributed by atoms with E-state index in [1.165, 1.54) is 12.1 Å². The monoisotopic (exact) mass is 401 g/mol. The number of amides is 1. The summed E-state index contributed by atoms with van der Waals surface area (Å²) in [5.74, 6) is -1.16. The van der Waals surface area contributed by atoms with Crippen molar-refractivity contribution in [2.24, 2.45) is 0 Å². The molecule has 0 aliphatic heterocycles. The van der Waals surface area contributed by atoms with Crippen LogP contribution >= 0.6 is 23.2 Å². The zero-order valence-corrected chi connectivity index (χ0v) is 15.8. The van der Waals surface area contributed by atoms with Gasteiger partial charge in [-0.25, -0.2) is 8.42 Å². The van der Waals surface area contributed by atoms with Crippen molar-refractivity contribution in [1.82, 2.24) is 0 Å². The van der Waals surface area contributed by atoms with E-state index in [0.29, 0.717) is 28.6 Å². The van der Waals surface area contributed by atoms with Gasteiger partial charge in [-0.15, -0.1) is 0 Å². The summed E-state index contributed by atoms with van der Waals surface area (Å²) >= 11 is 11.8. The van der Waals surface area contributed by atoms with Crippen LogP contribution in [0.3, 0.4) is 0 Å². The lowest BCUT2D eigenvalue weighted by molar-refractivity contribution is -0.113. The fraction of sp³-hybridized carbons (Fsp3) is 0.235. The lowest BCUT2D eigenvalue weighted by Gasteiger charge is -2.11. The first-order valence-corrected chi connectivity index (χ1v) is 10.0. The number of rotatable bonds is 7. The van der Waals surface area contributed by atoms with Crippen molar-refractivity contribution >= 4 is 44.6 Å². The van der Waals surface area contributed by atoms with Crippen LogP contribution in [0.4, 0.5) is 5.69 Å². The number of anilines is 1. The quantitative estimate of drug-likeness (QED) is 0.762. The summed E-state index contributed by atoms with van der Waals surface area (Å²) in [7, 11) is -3.69. The van der Waals surface area contributed by atoms with E-state index < -0.39 is 21.5 Å². The van der Waals surface area contributed by atoms with Crippen LogP contribution in [0.15, 0.2) is 42.5 Å². The summed E-state index contributed by atoms with van der Waals surface area (Å²) in [4.78, 5) is 12.1. The molecule has 2 aromatic rings. The van der Waals surface area contributed by atoms with Crippen LogP contribution in [0.5, 0.6) is 5.75 Å². The summed E-state index contributed by atoms with van der Waals surface area (Å²) in [6, 6.07) is 11.4. The zero-order valence-electron chi connectivity index (χ0n) is 13.5. The third kappa shape index (κ3) is 5.92. The van der Waals surface area contributed by atoms with Crippen molar-refractivity contribution in [3.8, 4) is 5.75 Å². The van der Waals surface area contributed by atoms with Gasteiger partial charge in [-0.3, -0.25) is 4.79 Å². The van der Waals surface area contributed by atoms with E-state index in [0.717, 1.165) is 0 Å². The number of ether oxygens (including phenoxy) is 1. The molecular formula is C17H17Cl2NO4S. The number of hydrogen-bond donors (Lipinski definition) is 1. The first kappa shape index (κ1) is 19.6. The van der Waals surface area contributed by atoms with Crippen LogP contribution in [0.25, 0.3) is 0 Å². The highest BCUT2D eigenvalue weighted by Gasteiger charge is 2.20. The summed E-state index contributed by atoms with van der Waals surface area (Å²) in [6.45, 7) is 2.25. The van der Waals surface area contributed by atoms with E-state index in [-0.39, 0.29) is 10.8 Å². The standard InChI is InChI=1S/C17H17Cl2NO4S/c1-2-24-16-6-4-3-5-15(16)20-17(21)11-25(22,23)10-12-7-8-13(18)9-14(12)19/h3-9H,2,10-11H2,1H3,(H,20,21). The van der Waals surface area contributed by atoms with E-state index in [1.54, 1.807) is 30.3 Å². The molecule has 134 valence electrons. The van der Waals surface area contributed by atoms with Gasteiger partial charge in [-0.05, 0) is 36.8 Å². The number of halogens is 2. The lowest BCUT2D eigenvalue weighted by Crippen LogP contribution is -2.24. The smallest absolute Gasteiger partial charge is 0.239 e. The number of nitrogens with one attached hydrogen (secondary N) is 1. The van der Waals surface area contributed by atoms with Crippen molar-refractivity contribution in [2.45, 2.75) is 12.7 Å². The predicted octanol–water partition coefficient (Wildman–Crippen LogP) is 3.95. The summed E-state index contributed by atoms with van der Waals surface area (Å²) in [5.41, 5.74) is 0.822. The van der Waals surface area contributed by atoms with Crippen LogP contribution in [0.1, 0.15) is 12.5 Å². The van der Waals surface area contributed by atoms with Gasteiger partial charge in [0.2, 0.25) is 5.91 Å². The van der Waals surface area contributed by atoms with Gasteiger partial charge in [0.25, 0.3) is 0 Å². The molecule has 0 saturated heterocycles. The molecule has 8 heteroatoms. The Morgan fingerprint density at radius 2 is 1.88 bits per heavy atom. The van der Waals surface area contributed by atoms with E-state index in [9.17, 15) is 13.2 Å². The average Bonchev–Trinajstić information content (AvgIpc) is 2.51. The fourth-order valence-electron chi connectivity index (χ4n) is 2.16. The van der Waals surface area contributed by atoms with E-state index in [1.807, 2.05) is 6.92 Å². The Balaban J connectivity index is 2.06. The number of hydrogen-bond acceptors (Lipinski definition) is 4. The van der Waals surface area contributed by atoms with Gasteiger partial charge >= 0.3 is 0 Å². The molecule has 0 spiro atoms. The highest BCUT2D eigenvalue weighted by atomic mass is 35.5. The highest BCUT2D eigenvalue weighted by molar-refractivity contribution is 7.91. The van der Waals surface area contributed by atoms with Crippen LogP contribution in [0.2, 0.25) is 10.0 Å². The lowest BCUT2D eigenvalue weighted by atomic mass is 10.2. The molecule has 0 aliphatic carbocycles. The van der Waals surface area contributed by atoms with Gasteiger partial charge in [0, 0.05) is 10.0 Å². The molecule has 0 unspecified atom stereocenters. The molecule has 0 fully saturated rings. The second-order valence-electron chi connectivity index (χ2n) is 5.25. The second-order valence-corrected chi connectivity index (χ2v) is 8.15. The zero-order chi connectivity index (χ0) is 18.4. The van der Waals surface area contributed by atoms with Crippen LogP contribution in [-0.4, -0.2) is 26.7 Å². The number of para-hydroxylation sites is 2. The molecule has 0 atom stereocenters. The van der Waals surface area contributed by atoms with Crippen molar-refractivity contribution in [2.75, 3.05) is 17.7 Å². The molecule has 2 aromatic carbocycles. The minimum Gasteiger partial charge on any atom is -0.492 e. The number of benzene rings is 2. The summed E-state index contributed by atoms with van der Waals surface area (Å²) in [5, 5.41) is 3.23. The van der Waals surface area contributed by atoms with Crippen LogP contribution in [-0.2, 0) is 20.4 Å². The molecule has 1 N–H and O–H groups in total. The van der Waals surface area contributed by atoms with Gasteiger partial charge in [0.1, 0.15) is 11.5 Å². The largest absolute Gasteiger partial charge is 0.492 e. The third-order valence-electron chi connectivity index (χ3n) is 3.20. The minimum absolute atomic E-state index is 0.248. The number of carbonyl (C=O) groups is 1. The molecular weight excluding hydrogens is 385 g/mol. The molecule has 0 saturated carbocycles. The normalized spacial score (nSPS) is 11.2. The SMILES string of the molecule is CCOc1ccccc1NC(=O)CS(=O)(=O)Cc1ccc(Cl)cc1Cl. The Morgan fingerprint density at radius 1 is 1.16 bits per heavy atom. The molecule has 0 aliphatic rings. The number of carbonyl (C=O) groups excluding carboxylic acids is 1. The van der Waals surface area contributed by atoms with Gasteiger partial charge < -0.3 is 10.1 Å². The Kier molecular flexibility index (Phi) is 6.70. The first-order valence-electron chi connectivity index (χ1n) is 7.47. The molecule has 1 amide bonds. The third-order valence-corrected chi connectivity index (χ3v) is 5.24. The Bertz CT molecular complexity index is 869. The Labute approximate surface area is 156 Å². The summed E-state index contributed by atoms with van der Waals surface area (Å²) in [6.07, 6.45) is 0. The van der Waals surface area contributed by atoms with Crippen molar-refractivity contribution in [1.29, 1.82) is 0 Å². The maximum absolute atomic E-state index is 12.3. The second kappa shape index (κ2) is 8.56. The van der Waals surface area contributed by atoms with E-state index in [4.69, 9.17) is 27.9 Å². The molecule has 0 radical (unpaired) electrons. The minimum atomic E-state index is -3.69. The molecule has 2 rings (SSSR count). The first-order chi connectivity index (χ1) is 11.8. The van der Waals surface area contributed by atoms with E-state index in [2.05, 4.69) is 5.32 Å². The van der Waals surface area contributed by atoms with Crippen molar-refractivity contribution in [3.63, 3.8) is 0 Å². The van der Waals surface area contributed by atoms with Crippen LogP contribution in [0, 0.1) is 0 Å². The maximum atomic E-state index is 12.3. The molecule has 25 heavy (non-hydrogen) atoms. The topological polar surface area (TPSA) is 72.5 Å².